The second-order valence-electron chi connectivity index (χ2n) is 4.38. The van der Waals surface area contributed by atoms with E-state index in [4.69, 9.17) is 9.47 Å². The van der Waals surface area contributed by atoms with E-state index in [1.165, 1.54) is 0 Å². The van der Waals surface area contributed by atoms with E-state index >= 15 is 0 Å². The fourth-order valence-corrected chi connectivity index (χ4v) is 2.47. The lowest BCUT2D eigenvalue weighted by Gasteiger charge is -2.09. The Hall–Kier alpha value is -1.62. The van der Waals surface area contributed by atoms with Gasteiger partial charge in [0.05, 0.1) is 18.9 Å². The molecular formula is C14H13BrN2O2. The van der Waals surface area contributed by atoms with Crippen LogP contribution in [0.4, 0.5) is 0 Å². The van der Waals surface area contributed by atoms with Gasteiger partial charge in [-0.3, -0.25) is 0 Å². The Morgan fingerprint density at radius 1 is 1.05 bits per heavy atom. The van der Waals surface area contributed by atoms with Crippen molar-refractivity contribution in [1.29, 1.82) is 0 Å². The van der Waals surface area contributed by atoms with Crippen molar-refractivity contribution in [1.82, 2.24) is 9.97 Å². The molecule has 0 bridgehead atoms. The van der Waals surface area contributed by atoms with Crippen LogP contribution in [0.3, 0.4) is 0 Å². The molecule has 4 nitrogen and oxygen atoms in total. The molecule has 0 saturated heterocycles. The van der Waals surface area contributed by atoms with E-state index in [1.807, 2.05) is 31.2 Å². The average Bonchev–Trinajstić information content (AvgIpc) is 2.61. The number of hydrogen-bond acceptors (Lipinski definition) is 4. The van der Waals surface area contributed by atoms with E-state index in [0.29, 0.717) is 17.9 Å². The highest BCUT2D eigenvalue weighted by Gasteiger charge is 2.12. The molecule has 0 aliphatic carbocycles. The Labute approximate surface area is 119 Å². The lowest BCUT2D eigenvalue weighted by Crippen LogP contribution is -1.97. The summed E-state index contributed by atoms with van der Waals surface area (Å²) in [4.78, 5) is 8.60. The quantitative estimate of drug-likeness (QED) is 0.756. The van der Waals surface area contributed by atoms with E-state index in [9.17, 15) is 0 Å². The summed E-state index contributed by atoms with van der Waals surface area (Å²) in [5.41, 5.74) is 2.79. The molecule has 2 aromatic rings. The molecule has 98 valence electrons. The predicted octanol–water partition coefficient (Wildman–Crippen LogP) is 3.38. The lowest BCUT2D eigenvalue weighted by molar-refractivity contribution is 0.297. The highest BCUT2D eigenvalue weighted by molar-refractivity contribution is 9.10. The van der Waals surface area contributed by atoms with Gasteiger partial charge in [0.2, 0.25) is 0 Å². The summed E-state index contributed by atoms with van der Waals surface area (Å²) in [5.74, 6) is 1.58. The molecule has 2 heterocycles. The first kappa shape index (κ1) is 12.4. The first-order valence-corrected chi connectivity index (χ1v) is 6.93. The van der Waals surface area contributed by atoms with Gasteiger partial charge in [-0.25, -0.2) is 9.97 Å². The molecule has 0 radical (unpaired) electrons. The highest BCUT2D eigenvalue weighted by Crippen LogP contribution is 2.33. The van der Waals surface area contributed by atoms with Gasteiger partial charge in [-0.1, -0.05) is 0 Å². The van der Waals surface area contributed by atoms with Gasteiger partial charge in [-0.15, -0.1) is 0 Å². The highest BCUT2D eigenvalue weighted by atomic mass is 79.9. The van der Waals surface area contributed by atoms with Crippen molar-refractivity contribution in [2.24, 2.45) is 0 Å². The molecule has 1 aliphatic rings. The maximum atomic E-state index is 5.69. The summed E-state index contributed by atoms with van der Waals surface area (Å²) in [6.45, 7) is 3.33. The molecule has 1 aromatic carbocycles. The minimum absolute atomic E-state index is 0.592. The summed E-state index contributed by atoms with van der Waals surface area (Å²) in [5, 5.41) is 0. The summed E-state index contributed by atoms with van der Waals surface area (Å²) >= 11 is 3.32. The molecule has 1 aromatic heterocycles. The Morgan fingerprint density at radius 3 is 2.63 bits per heavy atom. The first-order valence-electron chi connectivity index (χ1n) is 6.13. The molecule has 0 spiro atoms. The van der Waals surface area contributed by atoms with Crippen molar-refractivity contribution < 1.29 is 9.47 Å². The normalized spacial score (nSPS) is 14.0. The summed E-state index contributed by atoms with van der Waals surface area (Å²) in [7, 11) is 0. The zero-order chi connectivity index (χ0) is 13.2. The van der Waals surface area contributed by atoms with Gasteiger partial charge < -0.3 is 9.47 Å². The van der Waals surface area contributed by atoms with Crippen molar-refractivity contribution >= 4 is 15.9 Å². The Bertz CT molecular complexity index is 596. The van der Waals surface area contributed by atoms with Gasteiger partial charge in [0.1, 0.15) is 0 Å². The van der Waals surface area contributed by atoms with Gasteiger partial charge >= 0.3 is 0 Å². The van der Waals surface area contributed by atoms with Gasteiger partial charge in [-0.05, 0) is 47.1 Å². The smallest absolute Gasteiger partial charge is 0.197 e. The lowest BCUT2D eigenvalue weighted by atomic mass is 10.1. The number of aryl methyl sites for hydroxylation is 1. The van der Waals surface area contributed by atoms with E-state index < -0.39 is 0 Å². The zero-order valence-electron chi connectivity index (χ0n) is 10.5. The van der Waals surface area contributed by atoms with Crippen LogP contribution in [-0.4, -0.2) is 23.2 Å². The fourth-order valence-electron chi connectivity index (χ4n) is 2.00. The molecule has 0 amide bonds. The van der Waals surface area contributed by atoms with E-state index in [-0.39, 0.29) is 0 Å². The van der Waals surface area contributed by atoms with Crippen LogP contribution in [0.1, 0.15) is 12.1 Å². The van der Waals surface area contributed by atoms with Crippen LogP contribution in [-0.2, 0) is 0 Å². The van der Waals surface area contributed by atoms with Crippen molar-refractivity contribution in [3.8, 4) is 22.8 Å². The van der Waals surface area contributed by atoms with Crippen LogP contribution < -0.4 is 9.47 Å². The molecule has 19 heavy (non-hydrogen) atoms. The van der Waals surface area contributed by atoms with Crippen molar-refractivity contribution in [2.75, 3.05) is 13.2 Å². The number of fused-ring (bicyclic) bond motifs is 1. The van der Waals surface area contributed by atoms with Crippen LogP contribution in [0.25, 0.3) is 11.3 Å². The number of ether oxygens (including phenoxy) is 2. The number of halogens is 1. The minimum atomic E-state index is 0.592. The maximum Gasteiger partial charge on any atom is 0.197 e. The standard InChI is InChI=1S/C14H13BrN2O2/c1-9-7-11(17-14(15)16-9)10-3-4-12-13(8-10)19-6-2-5-18-12/h3-4,7-8H,2,5-6H2,1H3. The molecule has 0 unspecified atom stereocenters. The first-order chi connectivity index (χ1) is 9.22. The molecule has 5 heteroatoms. The SMILES string of the molecule is Cc1cc(-c2ccc3c(c2)OCCCO3)nc(Br)n1. The van der Waals surface area contributed by atoms with Crippen molar-refractivity contribution in [3.05, 3.63) is 34.7 Å². The Kier molecular flexibility index (Phi) is 3.38. The van der Waals surface area contributed by atoms with Gasteiger partial charge in [0, 0.05) is 17.7 Å². The third-order valence-electron chi connectivity index (χ3n) is 2.87. The average molecular weight is 321 g/mol. The number of hydrogen-bond donors (Lipinski definition) is 0. The maximum absolute atomic E-state index is 5.69. The molecule has 0 atom stereocenters. The predicted molar refractivity (Wildman–Crippen MR) is 75.5 cm³/mol. The molecule has 1 aliphatic heterocycles. The summed E-state index contributed by atoms with van der Waals surface area (Å²) < 4.78 is 11.9. The Morgan fingerprint density at radius 2 is 1.84 bits per heavy atom. The van der Waals surface area contributed by atoms with Crippen LogP contribution in [0.5, 0.6) is 11.5 Å². The third-order valence-corrected chi connectivity index (χ3v) is 3.22. The van der Waals surface area contributed by atoms with Gasteiger partial charge in [-0.2, -0.15) is 0 Å². The zero-order valence-corrected chi connectivity index (χ0v) is 12.1. The minimum Gasteiger partial charge on any atom is -0.490 e. The number of aromatic nitrogens is 2. The summed E-state index contributed by atoms with van der Waals surface area (Å²) in [6, 6.07) is 7.84. The topological polar surface area (TPSA) is 44.2 Å². The molecular weight excluding hydrogens is 308 g/mol. The fraction of sp³-hybridized carbons (Fsp3) is 0.286. The van der Waals surface area contributed by atoms with E-state index in [0.717, 1.165) is 34.9 Å². The van der Waals surface area contributed by atoms with Crippen LogP contribution in [0, 0.1) is 6.92 Å². The second kappa shape index (κ2) is 5.17. The Balaban J connectivity index is 2.03. The number of nitrogens with zero attached hydrogens (tertiary/aromatic N) is 2. The van der Waals surface area contributed by atoms with Crippen LogP contribution in [0.2, 0.25) is 0 Å². The third kappa shape index (κ3) is 2.71. The number of benzene rings is 1. The largest absolute Gasteiger partial charge is 0.490 e. The van der Waals surface area contributed by atoms with Gasteiger partial charge in [0.15, 0.2) is 16.2 Å². The number of rotatable bonds is 1. The van der Waals surface area contributed by atoms with Crippen molar-refractivity contribution in [2.45, 2.75) is 13.3 Å². The molecule has 0 fully saturated rings. The molecule has 3 rings (SSSR count). The second-order valence-corrected chi connectivity index (χ2v) is 5.08. The molecule has 0 N–H and O–H groups in total. The van der Waals surface area contributed by atoms with E-state index in [1.54, 1.807) is 0 Å². The van der Waals surface area contributed by atoms with Crippen molar-refractivity contribution in [3.63, 3.8) is 0 Å². The molecule has 0 saturated carbocycles. The van der Waals surface area contributed by atoms with Gasteiger partial charge in [0.25, 0.3) is 0 Å². The monoisotopic (exact) mass is 320 g/mol. The van der Waals surface area contributed by atoms with Crippen LogP contribution >= 0.6 is 15.9 Å². The van der Waals surface area contributed by atoms with Crippen LogP contribution in [0.15, 0.2) is 29.0 Å². The summed E-state index contributed by atoms with van der Waals surface area (Å²) in [6.07, 6.45) is 0.905. The van der Waals surface area contributed by atoms with E-state index in [2.05, 4.69) is 25.9 Å².